The van der Waals surface area contributed by atoms with Crippen molar-refractivity contribution in [2.24, 2.45) is 0 Å². The molecule has 0 aromatic carbocycles. The van der Waals surface area contributed by atoms with Gasteiger partial charge in [-0.15, -0.1) is 0 Å². The van der Waals surface area contributed by atoms with E-state index in [4.69, 9.17) is 0 Å². The number of imide groups is 1. The molecule has 1 saturated carbocycles. The van der Waals surface area contributed by atoms with E-state index in [9.17, 15) is 9.59 Å². The zero-order chi connectivity index (χ0) is 14.1. The Morgan fingerprint density at radius 1 is 1.15 bits per heavy atom. The minimum Gasteiger partial charge on any atom is -0.303 e. The lowest BCUT2D eigenvalue weighted by Gasteiger charge is -2.33. The second kappa shape index (κ2) is 5.82. The first kappa shape index (κ1) is 14.0. The van der Waals surface area contributed by atoms with E-state index in [0.29, 0.717) is 12.5 Å². The molecule has 5 nitrogen and oxygen atoms in total. The maximum Gasteiger partial charge on any atom is 0.247 e. The molecule has 1 N–H and O–H groups in total. The van der Waals surface area contributed by atoms with Crippen molar-refractivity contribution in [3.8, 4) is 0 Å². The third-order valence-electron chi connectivity index (χ3n) is 4.66. The van der Waals surface area contributed by atoms with Gasteiger partial charge in [0.1, 0.15) is 0 Å². The number of amides is 2. The molecule has 2 saturated heterocycles. The highest BCUT2D eigenvalue weighted by Crippen LogP contribution is 2.31. The highest BCUT2D eigenvalue weighted by atomic mass is 16.2. The highest BCUT2D eigenvalue weighted by molar-refractivity contribution is 6.06. The van der Waals surface area contributed by atoms with Crippen LogP contribution in [-0.4, -0.2) is 59.4 Å². The SMILES string of the molecule is CCCN1CCC(NC2CC(=O)N(C3CC3)C2=O)CC1. The van der Waals surface area contributed by atoms with Gasteiger partial charge in [0, 0.05) is 12.1 Å². The summed E-state index contributed by atoms with van der Waals surface area (Å²) in [6.07, 6.45) is 5.73. The first-order valence-corrected chi connectivity index (χ1v) is 8.03. The largest absolute Gasteiger partial charge is 0.303 e. The van der Waals surface area contributed by atoms with Gasteiger partial charge in [-0.3, -0.25) is 14.5 Å². The Kier molecular flexibility index (Phi) is 4.08. The number of piperidine rings is 1. The molecule has 1 aliphatic carbocycles. The molecule has 2 aliphatic heterocycles. The lowest BCUT2D eigenvalue weighted by molar-refractivity contribution is -0.139. The average Bonchev–Trinajstić information content (AvgIpc) is 3.21. The number of hydrogen-bond donors (Lipinski definition) is 1. The Morgan fingerprint density at radius 2 is 1.85 bits per heavy atom. The molecular weight excluding hydrogens is 254 g/mol. The minimum atomic E-state index is -0.258. The van der Waals surface area contributed by atoms with Gasteiger partial charge in [-0.25, -0.2) is 0 Å². The summed E-state index contributed by atoms with van der Waals surface area (Å²) in [6.45, 7) is 5.59. The third kappa shape index (κ3) is 2.88. The van der Waals surface area contributed by atoms with Crippen LogP contribution < -0.4 is 5.32 Å². The molecule has 0 aromatic rings. The van der Waals surface area contributed by atoms with Gasteiger partial charge in [0.2, 0.25) is 11.8 Å². The zero-order valence-electron chi connectivity index (χ0n) is 12.3. The van der Waals surface area contributed by atoms with Crippen molar-refractivity contribution in [1.82, 2.24) is 15.1 Å². The first-order valence-electron chi connectivity index (χ1n) is 8.03. The molecule has 5 heteroatoms. The van der Waals surface area contributed by atoms with E-state index in [2.05, 4.69) is 17.1 Å². The summed E-state index contributed by atoms with van der Waals surface area (Å²) in [5.41, 5.74) is 0. The van der Waals surface area contributed by atoms with Gasteiger partial charge in [-0.1, -0.05) is 6.92 Å². The zero-order valence-corrected chi connectivity index (χ0v) is 12.3. The molecule has 3 aliphatic rings. The number of nitrogens with zero attached hydrogens (tertiary/aromatic N) is 2. The van der Waals surface area contributed by atoms with Crippen LogP contribution in [0.3, 0.4) is 0 Å². The molecule has 1 unspecified atom stereocenters. The van der Waals surface area contributed by atoms with Crippen LogP contribution in [-0.2, 0) is 9.59 Å². The Labute approximate surface area is 120 Å². The van der Waals surface area contributed by atoms with Crippen molar-refractivity contribution in [3.05, 3.63) is 0 Å². The molecule has 20 heavy (non-hydrogen) atoms. The first-order chi connectivity index (χ1) is 9.69. The molecule has 3 fully saturated rings. The molecule has 2 heterocycles. The standard InChI is InChI=1S/C15H25N3O2/c1-2-7-17-8-5-11(6-9-17)16-13-10-14(19)18(15(13)20)12-3-4-12/h11-13,16H,2-10H2,1H3. The van der Waals surface area contributed by atoms with Crippen molar-refractivity contribution < 1.29 is 9.59 Å². The van der Waals surface area contributed by atoms with E-state index >= 15 is 0 Å². The summed E-state index contributed by atoms with van der Waals surface area (Å²) >= 11 is 0. The quantitative estimate of drug-likeness (QED) is 0.754. The molecule has 3 rings (SSSR count). The average molecular weight is 279 g/mol. The maximum absolute atomic E-state index is 12.3. The van der Waals surface area contributed by atoms with Crippen LogP contribution in [0.5, 0.6) is 0 Å². The van der Waals surface area contributed by atoms with Crippen LogP contribution in [0.25, 0.3) is 0 Å². The van der Waals surface area contributed by atoms with Crippen molar-refractivity contribution in [2.45, 2.75) is 63.6 Å². The number of rotatable bonds is 5. The highest BCUT2D eigenvalue weighted by Gasteiger charge is 2.46. The van der Waals surface area contributed by atoms with Gasteiger partial charge in [-0.05, 0) is 51.7 Å². The minimum absolute atomic E-state index is 0.0217. The van der Waals surface area contributed by atoms with E-state index in [-0.39, 0.29) is 23.9 Å². The molecule has 0 bridgehead atoms. The number of hydrogen-bond acceptors (Lipinski definition) is 4. The Balaban J connectivity index is 1.49. The number of carbonyl (C=O) groups is 2. The van der Waals surface area contributed by atoms with E-state index in [1.165, 1.54) is 17.9 Å². The van der Waals surface area contributed by atoms with Crippen LogP contribution in [0.15, 0.2) is 0 Å². The van der Waals surface area contributed by atoms with Crippen molar-refractivity contribution in [2.75, 3.05) is 19.6 Å². The van der Waals surface area contributed by atoms with Gasteiger partial charge in [-0.2, -0.15) is 0 Å². The van der Waals surface area contributed by atoms with E-state index < -0.39 is 0 Å². The summed E-state index contributed by atoms with van der Waals surface area (Å²) < 4.78 is 0. The molecule has 0 aromatic heterocycles. The Hall–Kier alpha value is -0.940. The van der Waals surface area contributed by atoms with Crippen LogP contribution >= 0.6 is 0 Å². The Morgan fingerprint density at radius 3 is 2.45 bits per heavy atom. The smallest absolute Gasteiger partial charge is 0.247 e. The van der Waals surface area contributed by atoms with Crippen molar-refractivity contribution in [3.63, 3.8) is 0 Å². The maximum atomic E-state index is 12.3. The summed E-state index contributed by atoms with van der Waals surface area (Å²) in [5.74, 6) is 0.0481. The molecule has 2 amide bonds. The van der Waals surface area contributed by atoms with Gasteiger partial charge < -0.3 is 10.2 Å². The van der Waals surface area contributed by atoms with E-state index in [1.54, 1.807) is 0 Å². The van der Waals surface area contributed by atoms with E-state index in [0.717, 1.165) is 38.8 Å². The Bertz CT molecular complexity index is 387. The third-order valence-corrected chi connectivity index (χ3v) is 4.66. The summed E-state index contributed by atoms with van der Waals surface area (Å²) in [5, 5.41) is 3.43. The van der Waals surface area contributed by atoms with Crippen molar-refractivity contribution in [1.29, 1.82) is 0 Å². The fourth-order valence-electron chi connectivity index (χ4n) is 3.42. The second-order valence-corrected chi connectivity index (χ2v) is 6.37. The van der Waals surface area contributed by atoms with Crippen molar-refractivity contribution >= 4 is 11.8 Å². The molecule has 0 spiro atoms. The monoisotopic (exact) mass is 279 g/mol. The van der Waals surface area contributed by atoms with E-state index in [1.807, 2.05) is 0 Å². The molecule has 0 radical (unpaired) electrons. The molecular formula is C15H25N3O2. The summed E-state index contributed by atoms with van der Waals surface area (Å²) in [6, 6.07) is 0.350. The normalized spacial score (nSPS) is 29.4. The fraction of sp³-hybridized carbons (Fsp3) is 0.867. The lowest BCUT2D eigenvalue weighted by atomic mass is 10.0. The van der Waals surface area contributed by atoms with Gasteiger partial charge in [0.05, 0.1) is 12.5 Å². The van der Waals surface area contributed by atoms with Gasteiger partial charge in [0.15, 0.2) is 0 Å². The molecule has 1 atom stereocenters. The predicted molar refractivity (Wildman–Crippen MR) is 76.2 cm³/mol. The van der Waals surface area contributed by atoms with Crippen LogP contribution in [0, 0.1) is 0 Å². The fourth-order valence-corrected chi connectivity index (χ4v) is 3.42. The van der Waals surface area contributed by atoms with Crippen LogP contribution in [0.1, 0.15) is 45.4 Å². The summed E-state index contributed by atoms with van der Waals surface area (Å²) in [4.78, 5) is 28.2. The van der Waals surface area contributed by atoms with Crippen LogP contribution in [0.4, 0.5) is 0 Å². The number of nitrogens with one attached hydrogen (secondary N) is 1. The topological polar surface area (TPSA) is 52.7 Å². The number of likely N-dealkylation sites (tertiary alicyclic amines) is 2. The van der Waals surface area contributed by atoms with Gasteiger partial charge >= 0.3 is 0 Å². The molecule has 112 valence electrons. The van der Waals surface area contributed by atoms with Gasteiger partial charge in [0.25, 0.3) is 0 Å². The second-order valence-electron chi connectivity index (χ2n) is 6.37. The summed E-state index contributed by atoms with van der Waals surface area (Å²) in [7, 11) is 0. The number of carbonyl (C=O) groups excluding carboxylic acids is 2. The predicted octanol–water partition coefficient (Wildman–Crippen LogP) is 0.740. The van der Waals surface area contributed by atoms with Crippen LogP contribution in [0.2, 0.25) is 0 Å². The lowest BCUT2D eigenvalue weighted by Crippen LogP contribution is -2.49.